The number of hydrogen-bond donors (Lipinski definition) is 3. The number of halogens is 2. The summed E-state index contributed by atoms with van der Waals surface area (Å²) in [5, 5.41) is 16.3. The van der Waals surface area contributed by atoms with Crippen molar-refractivity contribution >= 4 is 29.2 Å². The van der Waals surface area contributed by atoms with Gasteiger partial charge < -0.3 is 25.5 Å². The lowest BCUT2D eigenvalue weighted by Gasteiger charge is -2.33. The molecule has 2 unspecified atom stereocenters. The molecule has 2 amide bonds. The minimum absolute atomic E-state index is 0.132. The summed E-state index contributed by atoms with van der Waals surface area (Å²) < 4.78 is 15.0. The third-order valence-corrected chi connectivity index (χ3v) is 8.72. The van der Waals surface area contributed by atoms with E-state index in [9.17, 15) is 14.7 Å². The number of piperidine rings is 2. The second-order valence-corrected chi connectivity index (χ2v) is 11.5. The molecule has 0 radical (unpaired) electrons. The number of anilines is 1. The van der Waals surface area contributed by atoms with E-state index in [2.05, 4.69) is 15.6 Å². The molecule has 2 fully saturated rings. The van der Waals surface area contributed by atoms with Crippen molar-refractivity contribution in [2.75, 3.05) is 24.5 Å². The fourth-order valence-electron chi connectivity index (χ4n) is 6.11. The van der Waals surface area contributed by atoms with Crippen LogP contribution in [0.15, 0.2) is 54.7 Å². The Morgan fingerprint density at radius 2 is 1.85 bits per heavy atom. The smallest absolute Gasteiger partial charge is 0.255 e. The van der Waals surface area contributed by atoms with Crippen LogP contribution in [0.25, 0.3) is 11.1 Å². The molecule has 41 heavy (non-hydrogen) atoms. The molecule has 4 heterocycles. The van der Waals surface area contributed by atoms with Crippen molar-refractivity contribution in [3.05, 3.63) is 82.3 Å². The number of aliphatic hydroxyl groups is 1. The molecular formula is C31H33ClFN5O3. The Hall–Kier alpha value is -3.53. The van der Waals surface area contributed by atoms with Gasteiger partial charge in [0.15, 0.2) is 11.6 Å². The fourth-order valence-corrected chi connectivity index (χ4v) is 6.36. The number of carbonyl (C=O) groups excluding carboxylic acids is 2. The highest BCUT2D eigenvalue weighted by atomic mass is 35.5. The number of fused-ring (bicyclic) bond motifs is 1. The first-order chi connectivity index (χ1) is 19.9. The van der Waals surface area contributed by atoms with Crippen molar-refractivity contribution in [3.63, 3.8) is 0 Å². The first kappa shape index (κ1) is 27.6. The molecule has 3 N–H and O–H groups in total. The molecule has 1 aromatic heterocycles. The molecule has 0 aliphatic carbocycles. The van der Waals surface area contributed by atoms with Crippen LogP contribution in [0.5, 0.6) is 0 Å². The van der Waals surface area contributed by atoms with Gasteiger partial charge in [0, 0.05) is 54.1 Å². The van der Waals surface area contributed by atoms with Crippen molar-refractivity contribution < 1.29 is 19.1 Å². The molecule has 2 saturated heterocycles. The number of benzene rings is 2. The number of pyridine rings is 1. The zero-order chi connectivity index (χ0) is 28.5. The van der Waals surface area contributed by atoms with E-state index in [4.69, 9.17) is 11.6 Å². The van der Waals surface area contributed by atoms with Gasteiger partial charge >= 0.3 is 0 Å². The van der Waals surface area contributed by atoms with Crippen molar-refractivity contribution in [2.24, 2.45) is 5.92 Å². The summed E-state index contributed by atoms with van der Waals surface area (Å²) >= 11 is 6.27. The Labute approximate surface area is 243 Å². The summed E-state index contributed by atoms with van der Waals surface area (Å²) in [4.78, 5) is 33.3. The number of carbonyl (C=O) groups is 2. The average Bonchev–Trinajstić information content (AvgIpc) is 3.29. The number of nitrogens with one attached hydrogen (secondary N) is 2. The largest absolute Gasteiger partial charge is 0.374 e. The van der Waals surface area contributed by atoms with E-state index in [-0.39, 0.29) is 17.6 Å². The predicted molar refractivity (Wildman–Crippen MR) is 155 cm³/mol. The molecule has 214 valence electrons. The molecule has 0 bridgehead atoms. The Morgan fingerprint density at radius 1 is 1.05 bits per heavy atom. The van der Waals surface area contributed by atoms with Crippen LogP contribution in [-0.4, -0.2) is 58.7 Å². The van der Waals surface area contributed by atoms with Crippen LogP contribution in [0, 0.1) is 11.7 Å². The highest BCUT2D eigenvalue weighted by Gasteiger charge is 2.39. The summed E-state index contributed by atoms with van der Waals surface area (Å²) in [5.74, 6) is 0.0891. The Bertz CT molecular complexity index is 1460. The van der Waals surface area contributed by atoms with Gasteiger partial charge in [-0.05, 0) is 67.5 Å². The Morgan fingerprint density at radius 3 is 2.61 bits per heavy atom. The third-order valence-electron chi connectivity index (χ3n) is 8.39. The fraction of sp³-hybridized carbons (Fsp3) is 0.387. The number of rotatable bonds is 7. The molecule has 8 nitrogen and oxygen atoms in total. The zero-order valence-electron chi connectivity index (χ0n) is 22.7. The van der Waals surface area contributed by atoms with Crippen LogP contribution < -0.4 is 15.5 Å². The van der Waals surface area contributed by atoms with Gasteiger partial charge in [-0.1, -0.05) is 41.9 Å². The van der Waals surface area contributed by atoms with Crippen LogP contribution in [0.2, 0.25) is 5.02 Å². The second-order valence-electron chi connectivity index (χ2n) is 11.1. The number of nitrogens with zero attached hydrogens (tertiary/aromatic N) is 3. The van der Waals surface area contributed by atoms with E-state index in [1.54, 1.807) is 17.2 Å². The first-order valence-electron chi connectivity index (χ1n) is 14.1. The van der Waals surface area contributed by atoms with E-state index >= 15 is 4.39 Å². The zero-order valence-corrected chi connectivity index (χ0v) is 23.4. The summed E-state index contributed by atoms with van der Waals surface area (Å²) in [6.45, 7) is 3.41. The lowest BCUT2D eigenvalue weighted by molar-refractivity contribution is -0.132. The van der Waals surface area contributed by atoms with E-state index in [1.165, 1.54) is 6.07 Å². The summed E-state index contributed by atoms with van der Waals surface area (Å²) in [6.07, 6.45) is 3.61. The van der Waals surface area contributed by atoms with E-state index in [0.717, 1.165) is 49.2 Å². The molecule has 0 saturated carbocycles. The minimum Gasteiger partial charge on any atom is -0.374 e. The van der Waals surface area contributed by atoms with E-state index < -0.39 is 12.3 Å². The molecule has 3 aliphatic rings. The molecule has 3 aliphatic heterocycles. The molecule has 0 spiro atoms. The monoisotopic (exact) mass is 577 g/mol. The van der Waals surface area contributed by atoms with Gasteiger partial charge in [-0.15, -0.1) is 0 Å². The molecule has 6 rings (SSSR count). The molecule has 10 heteroatoms. The third kappa shape index (κ3) is 5.80. The lowest BCUT2D eigenvalue weighted by Crippen LogP contribution is -2.54. The van der Waals surface area contributed by atoms with Gasteiger partial charge in [0.1, 0.15) is 12.3 Å². The maximum Gasteiger partial charge on any atom is 0.255 e. The minimum atomic E-state index is -0.840. The average molecular weight is 578 g/mol. The van der Waals surface area contributed by atoms with Crippen LogP contribution in [0.1, 0.15) is 47.2 Å². The second kappa shape index (κ2) is 11.8. The molecule has 3 aromatic rings. The normalized spacial score (nSPS) is 21.2. The highest BCUT2D eigenvalue weighted by molar-refractivity contribution is 6.33. The Kier molecular flexibility index (Phi) is 7.92. The van der Waals surface area contributed by atoms with Crippen LogP contribution in [0.3, 0.4) is 0 Å². The maximum absolute atomic E-state index is 15.0. The SMILES string of the molecule is O=C1NC(O)CCC1N1Cc2cc(CNCC3CCN(c4ncc(-c5ccccc5Cl)cc4F)CC3)ccc2C1=O. The number of hydrogen-bond acceptors (Lipinski definition) is 6. The standard InChI is InChI=1S/C31H33ClFN5O3/c32-25-4-2-1-3-23(25)21-14-26(33)29(35-17-21)37-11-9-19(10-12-37)15-34-16-20-5-6-24-22(13-20)18-38(31(24)41)27-7-8-28(39)36-30(27)40/h1-6,13-14,17,19,27-28,34,39H,7-12,15-16,18H2,(H,36,40). The summed E-state index contributed by atoms with van der Waals surface area (Å²) in [7, 11) is 0. The van der Waals surface area contributed by atoms with Crippen LogP contribution in [0.4, 0.5) is 10.2 Å². The van der Waals surface area contributed by atoms with E-state index in [1.807, 2.05) is 41.3 Å². The van der Waals surface area contributed by atoms with Gasteiger partial charge in [0.25, 0.3) is 5.91 Å². The highest BCUT2D eigenvalue weighted by Crippen LogP contribution is 2.31. The van der Waals surface area contributed by atoms with E-state index in [0.29, 0.717) is 53.8 Å². The molecule has 2 atom stereocenters. The first-order valence-corrected chi connectivity index (χ1v) is 14.5. The predicted octanol–water partition coefficient (Wildman–Crippen LogP) is 4.10. The number of aromatic nitrogens is 1. The van der Waals surface area contributed by atoms with Crippen LogP contribution in [-0.2, 0) is 17.9 Å². The van der Waals surface area contributed by atoms with Gasteiger partial charge in [-0.25, -0.2) is 9.37 Å². The quantitative estimate of drug-likeness (QED) is 0.391. The number of amides is 2. The summed E-state index contributed by atoms with van der Waals surface area (Å²) in [5.41, 5.74) is 4.09. The van der Waals surface area contributed by atoms with Gasteiger partial charge in [0.2, 0.25) is 5.91 Å². The maximum atomic E-state index is 15.0. The lowest BCUT2D eigenvalue weighted by atomic mass is 9.96. The van der Waals surface area contributed by atoms with Crippen molar-refractivity contribution in [1.82, 2.24) is 20.5 Å². The van der Waals surface area contributed by atoms with Gasteiger partial charge in [-0.3, -0.25) is 9.59 Å². The van der Waals surface area contributed by atoms with Crippen molar-refractivity contribution in [3.8, 4) is 11.1 Å². The van der Waals surface area contributed by atoms with Gasteiger partial charge in [-0.2, -0.15) is 0 Å². The topological polar surface area (TPSA) is 97.8 Å². The van der Waals surface area contributed by atoms with Gasteiger partial charge in [0.05, 0.1) is 0 Å². The summed E-state index contributed by atoms with van der Waals surface area (Å²) in [6, 6.07) is 14.2. The van der Waals surface area contributed by atoms with Crippen molar-refractivity contribution in [2.45, 2.75) is 51.0 Å². The molecular weight excluding hydrogens is 545 g/mol. The number of aliphatic hydroxyl groups excluding tert-OH is 1. The molecule has 2 aromatic carbocycles. The van der Waals surface area contributed by atoms with Crippen LogP contribution >= 0.6 is 11.6 Å². The Balaban J connectivity index is 0.990. The van der Waals surface area contributed by atoms with Crippen molar-refractivity contribution in [1.29, 1.82) is 0 Å².